The van der Waals surface area contributed by atoms with E-state index in [1.165, 1.54) is 4.90 Å². The molecule has 100 valence electrons. The van der Waals surface area contributed by atoms with Gasteiger partial charge in [0.25, 0.3) is 0 Å². The Morgan fingerprint density at radius 1 is 1.39 bits per heavy atom. The summed E-state index contributed by atoms with van der Waals surface area (Å²) < 4.78 is 0. The molecule has 18 heavy (non-hydrogen) atoms. The van der Waals surface area contributed by atoms with E-state index in [0.29, 0.717) is 6.54 Å². The number of nitrogens with zero attached hydrogens (tertiary/aromatic N) is 1. The molecule has 0 amide bonds. The molecular weight excluding hydrogens is 250 g/mol. The molecule has 0 saturated carbocycles. The highest BCUT2D eigenvalue weighted by atomic mass is 32.2. The molecule has 0 aliphatic rings. The third kappa shape index (κ3) is 4.98. The summed E-state index contributed by atoms with van der Waals surface area (Å²) in [5.41, 5.74) is 1.02. The highest BCUT2D eigenvalue weighted by molar-refractivity contribution is 7.98. The maximum Gasteiger partial charge on any atom is 0.303 e. The molecule has 1 aromatic rings. The standard InChI is InChI=1S/C13H19NO3S/c1-14(9-11(15)5-8-13(16)17)10-3-6-12(18-2)7-4-10/h3-4,6-7,11,15H,5,8-9H2,1-2H3,(H,16,17). The summed E-state index contributed by atoms with van der Waals surface area (Å²) in [6.07, 6.45) is 1.68. The van der Waals surface area contributed by atoms with Crippen LogP contribution in [0.1, 0.15) is 12.8 Å². The van der Waals surface area contributed by atoms with Gasteiger partial charge in [-0.15, -0.1) is 11.8 Å². The zero-order valence-electron chi connectivity index (χ0n) is 10.7. The van der Waals surface area contributed by atoms with E-state index in [2.05, 4.69) is 0 Å². The van der Waals surface area contributed by atoms with Crippen molar-refractivity contribution in [2.75, 3.05) is 24.7 Å². The fourth-order valence-electron chi connectivity index (χ4n) is 1.64. The summed E-state index contributed by atoms with van der Waals surface area (Å²) in [6.45, 7) is 0.436. The number of thioether (sulfide) groups is 1. The molecule has 2 N–H and O–H groups in total. The van der Waals surface area contributed by atoms with Gasteiger partial charge in [-0.2, -0.15) is 0 Å². The Labute approximate surface area is 112 Å². The average molecular weight is 269 g/mol. The number of aliphatic hydroxyl groups excluding tert-OH is 1. The Bertz CT molecular complexity index is 380. The number of aliphatic carboxylic acids is 1. The number of aliphatic hydroxyl groups is 1. The minimum Gasteiger partial charge on any atom is -0.481 e. The number of likely N-dealkylation sites (N-methyl/N-ethyl adjacent to an activating group) is 1. The Morgan fingerprint density at radius 3 is 2.50 bits per heavy atom. The van der Waals surface area contributed by atoms with Gasteiger partial charge in [-0.3, -0.25) is 4.79 Å². The minimum absolute atomic E-state index is 0.000416. The van der Waals surface area contributed by atoms with Crippen LogP contribution < -0.4 is 4.90 Å². The van der Waals surface area contributed by atoms with E-state index in [1.54, 1.807) is 11.8 Å². The molecular formula is C13H19NO3S. The molecule has 0 radical (unpaired) electrons. The Hall–Kier alpha value is -1.20. The van der Waals surface area contributed by atoms with Crippen molar-refractivity contribution in [1.29, 1.82) is 0 Å². The number of carbonyl (C=O) groups is 1. The van der Waals surface area contributed by atoms with Gasteiger partial charge in [-0.25, -0.2) is 0 Å². The number of benzene rings is 1. The second-order valence-electron chi connectivity index (χ2n) is 4.16. The first-order valence-corrected chi connectivity index (χ1v) is 7.00. The van der Waals surface area contributed by atoms with Crippen molar-refractivity contribution in [3.8, 4) is 0 Å². The van der Waals surface area contributed by atoms with Gasteiger partial charge in [0, 0.05) is 30.6 Å². The van der Waals surface area contributed by atoms with Gasteiger partial charge in [0.1, 0.15) is 0 Å². The molecule has 1 unspecified atom stereocenters. The molecule has 1 rings (SSSR count). The summed E-state index contributed by atoms with van der Waals surface area (Å²) in [6, 6.07) is 8.05. The Morgan fingerprint density at radius 2 is 2.00 bits per heavy atom. The number of rotatable bonds is 7. The molecule has 1 aromatic carbocycles. The molecule has 5 heteroatoms. The molecule has 0 fully saturated rings. The highest BCUT2D eigenvalue weighted by Gasteiger charge is 2.10. The largest absolute Gasteiger partial charge is 0.481 e. The van der Waals surface area contributed by atoms with Gasteiger partial charge >= 0.3 is 5.97 Å². The van der Waals surface area contributed by atoms with Crippen molar-refractivity contribution in [2.45, 2.75) is 23.8 Å². The topological polar surface area (TPSA) is 60.8 Å². The fourth-order valence-corrected chi connectivity index (χ4v) is 2.05. The number of carboxylic acids is 1. The normalized spacial score (nSPS) is 12.2. The second kappa shape index (κ2) is 7.28. The van der Waals surface area contributed by atoms with Gasteiger partial charge in [-0.05, 0) is 36.9 Å². The van der Waals surface area contributed by atoms with E-state index in [-0.39, 0.29) is 12.8 Å². The third-order valence-corrected chi connectivity index (χ3v) is 3.43. The Kier molecular flexibility index (Phi) is 6.01. The van der Waals surface area contributed by atoms with Crippen molar-refractivity contribution in [1.82, 2.24) is 0 Å². The molecule has 0 aromatic heterocycles. The van der Waals surface area contributed by atoms with Crippen LogP contribution >= 0.6 is 11.8 Å². The van der Waals surface area contributed by atoms with Crippen LogP contribution in [0.4, 0.5) is 5.69 Å². The van der Waals surface area contributed by atoms with Crippen LogP contribution in [0, 0.1) is 0 Å². The third-order valence-electron chi connectivity index (χ3n) is 2.69. The van der Waals surface area contributed by atoms with E-state index in [0.717, 1.165) is 5.69 Å². The van der Waals surface area contributed by atoms with Crippen LogP contribution in [0.5, 0.6) is 0 Å². The lowest BCUT2D eigenvalue weighted by molar-refractivity contribution is -0.137. The van der Waals surface area contributed by atoms with E-state index in [1.807, 2.05) is 42.5 Å². The molecule has 0 aliphatic heterocycles. The summed E-state index contributed by atoms with van der Waals surface area (Å²) in [7, 11) is 1.89. The van der Waals surface area contributed by atoms with Gasteiger partial charge < -0.3 is 15.1 Å². The molecule has 0 saturated heterocycles. The fraction of sp³-hybridized carbons (Fsp3) is 0.462. The maximum atomic E-state index is 10.4. The van der Waals surface area contributed by atoms with E-state index in [4.69, 9.17) is 5.11 Å². The first-order valence-electron chi connectivity index (χ1n) is 5.78. The SMILES string of the molecule is CSc1ccc(N(C)CC(O)CCC(=O)O)cc1. The molecule has 4 nitrogen and oxygen atoms in total. The van der Waals surface area contributed by atoms with E-state index in [9.17, 15) is 9.90 Å². The quantitative estimate of drug-likeness (QED) is 0.742. The van der Waals surface area contributed by atoms with Crippen molar-refractivity contribution in [3.63, 3.8) is 0 Å². The summed E-state index contributed by atoms with van der Waals surface area (Å²) in [4.78, 5) is 13.5. The molecule has 0 spiro atoms. The summed E-state index contributed by atoms with van der Waals surface area (Å²) >= 11 is 1.68. The van der Waals surface area contributed by atoms with Gasteiger partial charge in [0.05, 0.1) is 6.10 Å². The van der Waals surface area contributed by atoms with Crippen LogP contribution in [0.15, 0.2) is 29.2 Å². The lowest BCUT2D eigenvalue weighted by Gasteiger charge is -2.22. The molecule has 1 atom stereocenters. The van der Waals surface area contributed by atoms with Crippen molar-refractivity contribution in [3.05, 3.63) is 24.3 Å². The van der Waals surface area contributed by atoms with Crippen LogP contribution in [-0.4, -0.2) is 42.1 Å². The summed E-state index contributed by atoms with van der Waals surface area (Å²) in [5, 5.41) is 18.3. The average Bonchev–Trinajstić information content (AvgIpc) is 2.36. The highest BCUT2D eigenvalue weighted by Crippen LogP contribution is 2.20. The first-order chi connectivity index (χ1) is 8.52. The zero-order chi connectivity index (χ0) is 13.5. The van der Waals surface area contributed by atoms with E-state index >= 15 is 0 Å². The smallest absolute Gasteiger partial charge is 0.303 e. The lowest BCUT2D eigenvalue weighted by Crippen LogP contribution is -2.29. The second-order valence-corrected chi connectivity index (χ2v) is 5.04. The number of anilines is 1. The lowest BCUT2D eigenvalue weighted by atomic mass is 10.2. The number of hydrogen-bond acceptors (Lipinski definition) is 4. The van der Waals surface area contributed by atoms with Crippen LogP contribution in [-0.2, 0) is 4.79 Å². The van der Waals surface area contributed by atoms with Gasteiger partial charge in [0.15, 0.2) is 0 Å². The zero-order valence-corrected chi connectivity index (χ0v) is 11.5. The van der Waals surface area contributed by atoms with Crippen molar-refractivity contribution >= 4 is 23.4 Å². The van der Waals surface area contributed by atoms with Gasteiger partial charge in [-0.1, -0.05) is 0 Å². The van der Waals surface area contributed by atoms with Crippen molar-refractivity contribution < 1.29 is 15.0 Å². The first kappa shape index (κ1) is 14.9. The monoisotopic (exact) mass is 269 g/mol. The van der Waals surface area contributed by atoms with Crippen LogP contribution in [0.3, 0.4) is 0 Å². The predicted octanol–water partition coefficient (Wildman–Crippen LogP) is 2.07. The van der Waals surface area contributed by atoms with Gasteiger partial charge in [0.2, 0.25) is 0 Å². The van der Waals surface area contributed by atoms with Crippen molar-refractivity contribution in [2.24, 2.45) is 0 Å². The Balaban J connectivity index is 2.47. The van der Waals surface area contributed by atoms with E-state index < -0.39 is 12.1 Å². The minimum atomic E-state index is -0.874. The summed E-state index contributed by atoms with van der Waals surface area (Å²) in [5.74, 6) is -0.874. The van der Waals surface area contributed by atoms with Crippen LogP contribution in [0.2, 0.25) is 0 Å². The molecule has 0 bridgehead atoms. The maximum absolute atomic E-state index is 10.4. The number of carboxylic acid groups (broad SMARTS) is 1. The predicted molar refractivity (Wildman–Crippen MR) is 74.4 cm³/mol. The number of hydrogen-bond donors (Lipinski definition) is 2. The van der Waals surface area contributed by atoms with Crippen LogP contribution in [0.25, 0.3) is 0 Å². The molecule has 0 heterocycles. The molecule has 0 aliphatic carbocycles.